The summed E-state index contributed by atoms with van der Waals surface area (Å²) < 4.78 is 22.9. The van der Waals surface area contributed by atoms with E-state index in [-0.39, 0.29) is 12.6 Å². The minimum Gasteiger partial charge on any atom is -0.395 e. The van der Waals surface area contributed by atoms with Crippen LogP contribution >= 0.6 is 0 Å². The third kappa shape index (κ3) is 3.64. The summed E-state index contributed by atoms with van der Waals surface area (Å²) in [5, 5.41) is 8.92. The highest BCUT2D eigenvalue weighted by molar-refractivity contribution is 7.91. The normalized spacial score (nSPS) is 31.5. The minimum absolute atomic E-state index is 0.206. The molecule has 6 heteroatoms. The lowest BCUT2D eigenvalue weighted by molar-refractivity contribution is 0.186. The maximum atomic E-state index is 11.5. The third-order valence-electron chi connectivity index (χ3n) is 3.76. The largest absolute Gasteiger partial charge is 0.395 e. The van der Waals surface area contributed by atoms with Crippen LogP contribution in [0.1, 0.15) is 12.8 Å². The lowest BCUT2D eigenvalue weighted by Gasteiger charge is -2.26. The minimum atomic E-state index is -2.78. The number of rotatable bonds is 3. The molecule has 5 nitrogen and oxygen atoms in total. The standard InChI is InChI=1S/C11H22N2O3S/c14-8-7-12-3-1-4-13(6-5-12)11-2-9-17(15,16)10-11/h11,14H,1-10H2. The van der Waals surface area contributed by atoms with Gasteiger partial charge in [-0.05, 0) is 25.9 Å². The van der Waals surface area contributed by atoms with Gasteiger partial charge in [0.05, 0.1) is 18.1 Å². The molecule has 2 heterocycles. The molecule has 0 radical (unpaired) electrons. The molecule has 1 atom stereocenters. The quantitative estimate of drug-likeness (QED) is 0.719. The zero-order chi connectivity index (χ0) is 12.3. The zero-order valence-electron chi connectivity index (χ0n) is 10.2. The maximum Gasteiger partial charge on any atom is 0.151 e. The van der Waals surface area contributed by atoms with Crippen LogP contribution in [0.3, 0.4) is 0 Å². The van der Waals surface area contributed by atoms with Crippen molar-refractivity contribution in [2.24, 2.45) is 0 Å². The summed E-state index contributed by atoms with van der Waals surface area (Å²) >= 11 is 0. The summed E-state index contributed by atoms with van der Waals surface area (Å²) in [6.07, 6.45) is 1.86. The highest BCUT2D eigenvalue weighted by atomic mass is 32.2. The number of β-amino-alcohol motifs (C(OH)–C–C–N with tert-alkyl or cyclic N) is 1. The number of aliphatic hydroxyl groups is 1. The summed E-state index contributed by atoms with van der Waals surface area (Å²) in [5.41, 5.74) is 0. The molecule has 0 aromatic heterocycles. The Kier molecular flexibility index (Phi) is 4.41. The first-order valence-electron chi connectivity index (χ1n) is 6.38. The van der Waals surface area contributed by atoms with Crippen LogP contribution in [0, 0.1) is 0 Å². The molecule has 0 aromatic rings. The van der Waals surface area contributed by atoms with Gasteiger partial charge in [-0.25, -0.2) is 8.42 Å². The van der Waals surface area contributed by atoms with E-state index in [0.717, 1.165) is 45.6 Å². The Morgan fingerprint density at radius 3 is 2.65 bits per heavy atom. The van der Waals surface area contributed by atoms with Gasteiger partial charge in [-0.15, -0.1) is 0 Å². The molecule has 2 rings (SSSR count). The van der Waals surface area contributed by atoms with Crippen LogP contribution in [-0.2, 0) is 9.84 Å². The fourth-order valence-corrected chi connectivity index (χ4v) is 4.55. The average Bonchev–Trinajstić information content (AvgIpc) is 2.51. The van der Waals surface area contributed by atoms with Crippen LogP contribution in [0.2, 0.25) is 0 Å². The molecule has 0 aliphatic carbocycles. The van der Waals surface area contributed by atoms with E-state index < -0.39 is 9.84 Å². The molecule has 2 aliphatic rings. The van der Waals surface area contributed by atoms with Gasteiger partial charge in [-0.2, -0.15) is 0 Å². The summed E-state index contributed by atoms with van der Waals surface area (Å²) in [5.74, 6) is 0.696. The van der Waals surface area contributed by atoms with E-state index in [0.29, 0.717) is 11.5 Å². The van der Waals surface area contributed by atoms with Crippen molar-refractivity contribution in [3.8, 4) is 0 Å². The van der Waals surface area contributed by atoms with Gasteiger partial charge in [0.25, 0.3) is 0 Å². The van der Waals surface area contributed by atoms with Crippen molar-refractivity contribution < 1.29 is 13.5 Å². The molecular weight excluding hydrogens is 240 g/mol. The molecule has 1 N–H and O–H groups in total. The molecule has 0 bridgehead atoms. The van der Waals surface area contributed by atoms with Crippen LogP contribution < -0.4 is 0 Å². The van der Waals surface area contributed by atoms with Gasteiger partial charge in [0.15, 0.2) is 9.84 Å². The lowest BCUT2D eigenvalue weighted by Crippen LogP contribution is -2.39. The second-order valence-corrected chi connectivity index (χ2v) is 7.24. The molecule has 2 fully saturated rings. The Hall–Kier alpha value is -0.170. The second-order valence-electron chi connectivity index (χ2n) is 5.01. The molecule has 2 aliphatic heterocycles. The number of nitrogens with zero attached hydrogens (tertiary/aromatic N) is 2. The van der Waals surface area contributed by atoms with Crippen molar-refractivity contribution >= 4 is 9.84 Å². The third-order valence-corrected chi connectivity index (χ3v) is 5.51. The van der Waals surface area contributed by atoms with Gasteiger partial charge < -0.3 is 5.11 Å². The van der Waals surface area contributed by atoms with Gasteiger partial charge in [0.1, 0.15) is 0 Å². The van der Waals surface area contributed by atoms with Crippen LogP contribution in [-0.4, -0.2) is 80.2 Å². The van der Waals surface area contributed by atoms with Crippen molar-refractivity contribution in [2.75, 3.05) is 50.8 Å². The number of hydrogen-bond donors (Lipinski definition) is 1. The van der Waals surface area contributed by atoms with E-state index in [9.17, 15) is 8.42 Å². The predicted octanol–water partition coefficient (Wildman–Crippen LogP) is -0.826. The summed E-state index contributed by atoms with van der Waals surface area (Å²) in [4.78, 5) is 4.57. The van der Waals surface area contributed by atoms with Crippen LogP contribution in [0.25, 0.3) is 0 Å². The van der Waals surface area contributed by atoms with Crippen molar-refractivity contribution in [3.05, 3.63) is 0 Å². The second kappa shape index (κ2) is 5.65. The fraction of sp³-hybridized carbons (Fsp3) is 1.00. The Bertz CT molecular complexity index is 345. The molecule has 100 valence electrons. The molecule has 0 aromatic carbocycles. The van der Waals surface area contributed by atoms with E-state index in [1.807, 2.05) is 0 Å². The fourth-order valence-electron chi connectivity index (χ4n) is 2.78. The van der Waals surface area contributed by atoms with Gasteiger partial charge in [-0.3, -0.25) is 9.80 Å². The van der Waals surface area contributed by atoms with E-state index in [2.05, 4.69) is 9.80 Å². The Morgan fingerprint density at radius 1 is 1.18 bits per heavy atom. The molecule has 17 heavy (non-hydrogen) atoms. The first-order valence-corrected chi connectivity index (χ1v) is 8.20. The van der Waals surface area contributed by atoms with Crippen LogP contribution in [0.4, 0.5) is 0 Å². The van der Waals surface area contributed by atoms with Crippen molar-refractivity contribution in [3.63, 3.8) is 0 Å². The van der Waals surface area contributed by atoms with Crippen molar-refractivity contribution in [1.29, 1.82) is 0 Å². The summed E-state index contributed by atoms with van der Waals surface area (Å²) in [7, 11) is -2.78. The average molecular weight is 262 g/mol. The first-order chi connectivity index (χ1) is 8.11. The van der Waals surface area contributed by atoms with E-state index in [1.54, 1.807) is 0 Å². The molecule has 0 amide bonds. The van der Waals surface area contributed by atoms with Crippen molar-refractivity contribution in [2.45, 2.75) is 18.9 Å². The Labute approximate surface area is 103 Å². The van der Waals surface area contributed by atoms with E-state index in [1.165, 1.54) is 0 Å². The monoisotopic (exact) mass is 262 g/mol. The molecule has 0 saturated carbocycles. The van der Waals surface area contributed by atoms with Crippen LogP contribution in [0.5, 0.6) is 0 Å². The molecule has 2 saturated heterocycles. The van der Waals surface area contributed by atoms with Crippen LogP contribution in [0.15, 0.2) is 0 Å². The van der Waals surface area contributed by atoms with Crippen molar-refractivity contribution in [1.82, 2.24) is 9.80 Å². The summed E-state index contributed by atoms with van der Waals surface area (Å²) in [6.45, 7) is 4.81. The molecular formula is C11H22N2O3S. The number of sulfone groups is 1. The van der Waals surface area contributed by atoms with Gasteiger partial charge in [0.2, 0.25) is 0 Å². The molecule has 1 unspecified atom stereocenters. The maximum absolute atomic E-state index is 11.5. The highest BCUT2D eigenvalue weighted by Crippen LogP contribution is 2.19. The van der Waals surface area contributed by atoms with E-state index in [4.69, 9.17) is 5.11 Å². The lowest BCUT2D eigenvalue weighted by atomic mass is 10.2. The predicted molar refractivity (Wildman–Crippen MR) is 66.8 cm³/mol. The summed E-state index contributed by atoms with van der Waals surface area (Å²) in [6, 6.07) is 0.231. The smallest absolute Gasteiger partial charge is 0.151 e. The number of aliphatic hydroxyl groups excluding tert-OH is 1. The zero-order valence-corrected chi connectivity index (χ0v) is 11.0. The van der Waals surface area contributed by atoms with Gasteiger partial charge in [-0.1, -0.05) is 0 Å². The first kappa shape index (κ1) is 13.3. The SMILES string of the molecule is O=S1(=O)CCC(N2CCCN(CCO)CC2)C1. The Morgan fingerprint density at radius 2 is 2.00 bits per heavy atom. The van der Waals surface area contributed by atoms with Gasteiger partial charge >= 0.3 is 0 Å². The Balaban J connectivity index is 1.87. The highest BCUT2D eigenvalue weighted by Gasteiger charge is 2.32. The van der Waals surface area contributed by atoms with Gasteiger partial charge in [0, 0.05) is 25.7 Å². The number of hydrogen-bond acceptors (Lipinski definition) is 5. The molecule has 0 spiro atoms. The topological polar surface area (TPSA) is 60.9 Å². The van der Waals surface area contributed by atoms with E-state index >= 15 is 0 Å².